The molecule has 57 heavy (non-hydrogen) atoms. The van der Waals surface area contributed by atoms with Crippen molar-refractivity contribution in [3.63, 3.8) is 0 Å². The second-order valence-electron chi connectivity index (χ2n) is 15.4. The number of likely N-dealkylation sites (N-methyl/N-ethyl adjacent to an activating group) is 1. The summed E-state index contributed by atoms with van der Waals surface area (Å²) in [6.07, 6.45) is 3.24. The number of rotatable bonds is 20. The molecular formula is C42H54Cl2N4O9. The first-order chi connectivity index (χ1) is 27.3. The number of aromatic nitrogens is 1. The Balaban J connectivity index is 0.970. The lowest BCUT2D eigenvalue weighted by Crippen LogP contribution is -2.53. The molecule has 2 amide bonds. The summed E-state index contributed by atoms with van der Waals surface area (Å²) in [4.78, 5) is 35.4. The lowest BCUT2D eigenvalue weighted by Gasteiger charge is -2.35. The largest absolute Gasteiger partial charge is 0.490 e. The predicted octanol–water partition coefficient (Wildman–Crippen LogP) is 3.33. The minimum atomic E-state index is -1.76. The van der Waals surface area contributed by atoms with Gasteiger partial charge in [-0.3, -0.25) is 19.5 Å². The van der Waals surface area contributed by atoms with Gasteiger partial charge in [0.25, 0.3) is 0 Å². The van der Waals surface area contributed by atoms with Crippen LogP contribution in [0.15, 0.2) is 67.0 Å². The topological polar surface area (TPSA) is 176 Å². The maximum atomic E-state index is 13.1. The number of ether oxygens (including phenoxy) is 2. The molecular weight excluding hydrogens is 775 g/mol. The van der Waals surface area contributed by atoms with Gasteiger partial charge in [0.2, 0.25) is 16.3 Å². The number of carbonyl (C=O) groups excluding carboxylic acids is 2. The summed E-state index contributed by atoms with van der Waals surface area (Å²) >= 11 is 14.2. The molecule has 1 aliphatic heterocycles. The molecule has 5 N–H and O–H groups in total. The van der Waals surface area contributed by atoms with E-state index in [-0.39, 0.29) is 31.0 Å². The van der Waals surface area contributed by atoms with Crippen LogP contribution in [0.2, 0.25) is 0 Å². The molecule has 1 aromatic heterocycles. The third-order valence-electron chi connectivity index (χ3n) is 11.0. The van der Waals surface area contributed by atoms with E-state index in [1.807, 2.05) is 59.6 Å². The normalized spacial score (nSPS) is 19.1. The minimum Gasteiger partial charge on any atom is -0.490 e. The van der Waals surface area contributed by atoms with E-state index >= 15 is 0 Å². The standard InChI is InChI=1S/C42H54Cl2N4O9/c1-46(25-34(50)39(54)40(55)35(51)27-49)38(53)26-47-20-22-48(23-21-47)37(52)13-7-3-9-28-8-2-5-11-32(28)42(43,44)57-41(17-18-41)33-24-45-19-16-30(33)31-10-4-6-12-36(31)56-29-14-15-29/h2,4-6,8,10-12,16,19,24,29,34-35,39-40,49-51,54-55H,3,7,9,13-15,17-18,20-23,25-27H2,1H3/t34-,35+,39+,40+/m0/s1. The monoisotopic (exact) mass is 828 g/mol. The number of hydrogen-bond acceptors (Lipinski definition) is 11. The number of aliphatic hydroxyl groups excluding tert-OH is 5. The number of pyridine rings is 1. The Morgan fingerprint density at radius 1 is 0.930 bits per heavy atom. The van der Waals surface area contributed by atoms with Crippen molar-refractivity contribution in [3.8, 4) is 16.9 Å². The Labute approximate surface area is 343 Å². The van der Waals surface area contributed by atoms with Crippen LogP contribution in [0.3, 0.4) is 0 Å². The van der Waals surface area contributed by atoms with Gasteiger partial charge in [-0.15, -0.1) is 0 Å². The smallest absolute Gasteiger partial charge is 0.245 e. The van der Waals surface area contributed by atoms with Crippen molar-refractivity contribution in [1.29, 1.82) is 0 Å². The molecule has 3 fully saturated rings. The first-order valence-electron chi connectivity index (χ1n) is 19.8. The van der Waals surface area contributed by atoms with Crippen molar-refractivity contribution >= 4 is 35.0 Å². The molecule has 3 aliphatic rings. The number of aryl methyl sites for hydroxylation is 1. The first kappa shape index (κ1) is 43.2. The van der Waals surface area contributed by atoms with Crippen molar-refractivity contribution in [2.75, 3.05) is 52.9 Å². The molecule has 0 bridgehead atoms. The highest BCUT2D eigenvalue weighted by molar-refractivity contribution is 6.47. The molecule has 6 rings (SSSR count). The van der Waals surface area contributed by atoms with Crippen LogP contribution in [-0.2, 0) is 30.9 Å². The molecule has 3 aromatic rings. The fraction of sp³-hybridized carbons (Fsp3) is 0.548. The quantitative estimate of drug-likeness (QED) is 0.0835. The molecule has 1 saturated heterocycles. The van der Waals surface area contributed by atoms with Crippen molar-refractivity contribution in [2.45, 2.75) is 92.0 Å². The third-order valence-corrected chi connectivity index (χ3v) is 11.6. The molecule has 15 heteroatoms. The number of para-hydroxylation sites is 1. The van der Waals surface area contributed by atoms with Gasteiger partial charge in [0.05, 0.1) is 24.9 Å². The number of amides is 2. The number of piperazine rings is 1. The van der Waals surface area contributed by atoms with Crippen LogP contribution in [0.4, 0.5) is 0 Å². The zero-order valence-electron chi connectivity index (χ0n) is 32.3. The van der Waals surface area contributed by atoms with Gasteiger partial charge < -0.3 is 44.8 Å². The number of alkyl halides is 2. The van der Waals surface area contributed by atoms with Crippen molar-refractivity contribution in [1.82, 2.24) is 19.7 Å². The van der Waals surface area contributed by atoms with Gasteiger partial charge in [0.15, 0.2) is 0 Å². The Hall–Kier alpha value is -3.37. The SMILES string of the molecule is CN(C[C@H](O)[C@@H](O)[C@H](O)[C@H](O)CO)C(=O)CN1CCN(C(=O)CCCCc2ccccc2C(Cl)(Cl)OC2(c3cnccc3-c3ccccc3OC3CC3)CC2)CC1. The molecule has 2 heterocycles. The summed E-state index contributed by atoms with van der Waals surface area (Å²) in [5.74, 6) is 0.574. The summed E-state index contributed by atoms with van der Waals surface area (Å²) in [7, 11) is 1.47. The molecule has 0 unspecified atom stereocenters. The number of halogens is 2. The van der Waals surface area contributed by atoms with Crippen LogP contribution in [0, 0.1) is 0 Å². The predicted molar refractivity (Wildman–Crippen MR) is 214 cm³/mol. The highest BCUT2D eigenvalue weighted by atomic mass is 35.5. The Kier molecular flexibility index (Phi) is 14.5. The van der Waals surface area contributed by atoms with E-state index in [2.05, 4.69) is 11.1 Å². The van der Waals surface area contributed by atoms with Crippen LogP contribution in [-0.4, -0.2) is 140 Å². The second-order valence-corrected chi connectivity index (χ2v) is 16.7. The van der Waals surface area contributed by atoms with Gasteiger partial charge in [0, 0.05) is 75.3 Å². The molecule has 0 spiro atoms. The fourth-order valence-corrected chi connectivity index (χ4v) is 7.95. The summed E-state index contributed by atoms with van der Waals surface area (Å²) in [5.41, 5.74) is 3.79. The number of benzene rings is 2. The molecule has 13 nitrogen and oxygen atoms in total. The fourth-order valence-electron chi connectivity index (χ4n) is 7.28. The Morgan fingerprint density at radius 3 is 2.32 bits per heavy atom. The number of nitrogens with zero attached hydrogens (tertiary/aromatic N) is 4. The van der Waals surface area contributed by atoms with E-state index < -0.39 is 41.1 Å². The van der Waals surface area contributed by atoms with Crippen molar-refractivity contribution < 1.29 is 44.6 Å². The number of hydrogen-bond donors (Lipinski definition) is 5. The maximum Gasteiger partial charge on any atom is 0.245 e. The average molecular weight is 830 g/mol. The average Bonchev–Trinajstić information content (AvgIpc) is 4.17. The second kappa shape index (κ2) is 19.1. The Morgan fingerprint density at radius 2 is 1.61 bits per heavy atom. The van der Waals surface area contributed by atoms with E-state index in [1.54, 1.807) is 11.1 Å². The van der Waals surface area contributed by atoms with Crippen LogP contribution in [0.1, 0.15) is 61.6 Å². The summed E-state index contributed by atoms with van der Waals surface area (Å²) < 4.78 is 11.3. The van der Waals surface area contributed by atoms with Crippen molar-refractivity contribution in [2.24, 2.45) is 0 Å². The lowest BCUT2D eigenvalue weighted by molar-refractivity contribution is -0.139. The first-order valence-corrected chi connectivity index (χ1v) is 20.5. The van der Waals surface area contributed by atoms with Gasteiger partial charge in [-0.25, -0.2) is 0 Å². The zero-order chi connectivity index (χ0) is 40.7. The van der Waals surface area contributed by atoms with Gasteiger partial charge >= 0.3 is 0 Å². The lowest BCUT2D eigenvalue weighted by atomic mass is 9.96. The minimum absolute atomic E-state index is 0.0477. The van der Waals surface area contributed by atoms with Crippen LogP contribution in [0.25, 0.3) is 11.1 Å². The van der Waals surface area contributed by atoms with Gasteiger partial charge in [-0.1, -0.05) is 65.7 Å². The maximum absolute atomic E-state index is 13.1. The molecule has 2 saturated carbocycles. The third kappa shape index (κ3) is 11.0. The number of unbranched alkanes of at least 4 members (excludes halogenated alkanes) is 1. The highest BCUT2D eigenvalue weighted by Gasteiger charge is 2.53. The van der Waals surface area contributed by atoms with Gasteiger partial charge in [-0.05, 0) is 68.2 Å². The summed E-state index contributed by atoms with van der Waals surface area (Å²) in [5, 5.41) is 48.6. The number of carbonyl (C=O) groups is 2. The molecule has 0 radical (unpaired) electrons. The molecule has 2 aromatic carbocycles. The van der Waals surface area contributed by atoms with Crippen LogP contribution in [0.5, 0.6) is 5.75 Å². The highest BCUT2D eigenvalue weighted by Crippen LogP contribution is 2.58. The molecule has 4 atom stereocenters. The van der Waals surface area contributed by atoms with E-state index in [1.165, 1.54) is 11.9 Å². The summed E-state index contributed by atoms with van der Waals surface area (Å²) in [6, 6.07) is 17.7. The van der Waals surface area contributed by atoms with Gasteiger partial charge in [-0.2, -0.15) is 0 Å². The number of aliphatic hydroxyl groups is 5. The van der Waals surface area contributed by atoms with E-state index in [9.17, 15) is 30.0 Å². The van der Waals surface area contributed by atoms with E-state index in [0.29, 0.717) is 51.0 Å². The molecule has 310 valence electrons. The van der Waals surface area contributed by atoms with E-state index in [4.69, 9.17) is 37.8 Å². The summed E-state index contributed by atoms with van der Waals surface area (Å²) in [6.45, 7) is 0.950. The zero-order valence-corrected chi connectivity index (χ0v) is 33.8. The molecule has 2 aliphatic carbocycles. The van der Waals surface area contributed by atoms with Crippen LogP contribution < -0.4 is 4.74 Å². The van der Waals surface area contributed by atoms with E-state index in [0.717, 1.165) is 60.1 Å². The van der Waals surface area contributed by atoms with Crippen molar-refractivity contribution in [3.05, 3.63) is 83.7 Å². The van der Waals surface area contributed by atoms with Gasteiger partial charge in [0.1, 0.15) is 30.2 Å². The van der Waals surface area contributed by atoms with Crippen LogP contribution >= 0.6 is 23.2 Å². The Bertz CT molecular complexity index is 1820.